The Hall–Kier alpha value is -3.25. The fourth-order valence-corrected chi connectivity index (χ4v) is 5.32. The van der Waals surface area contributed by atoms with E-state index >= 15 is 0 Å². The summed E-state index contributed by atoms with van der Waals surface area (Å²) in [5.74, 6) is 0.350. The lowest BCUT2D eigenvalue weighted by molar-refractivity contribution is -0.128. The maximum absolute atomic E-state index is 13.1. The molecule has 184 valence electrons. The number of hydrogen-bond acceptors (Lipinski definition) is 7. The molecule has 1 aliphatic rings. The van der Waals surface area contributed by atoms with Gasteiger partial charge in [-0.1, -0.05) is 23.4 Å². The zero-order chi connectivity index (χ0) is 25.2. The second-order valence-corrected chi connectivity index (χ2v) is 10.7. The fourth-order valence-electron chi connectivity index (χ4n) is 4.23. The molecule has 3 N–H and O–H groups in total. The van der Waals surface area contributed by atoms with Crippen molar-refractivity contribution in [1.82, 2.24) is 15.5 Å². The summed E-state index contributed by atoms with van der Waals surface area (Å²) in [6, 6.07) is 13.4. The number of piperidine rings is 1. The number of rotatable bonds is 6. The van der Waals surface area contributed by atoms with Gasteiger partial charge >= 0.3 is 0 Å². The van der Waals surface area contributed by atoms with Crippen LogP contribution in [0.5, 0.6) is 0 Å². The number of aryl methyl sites for hydroxylation is 2. The molecule has 0 spiro atoms. The summed E-state index contributed by atoms with van der Waals surface area (Å²) in [5, 5.41) is 15.9. The molecule has 1 atom stereocenters. The van der Waals surface area contributed by atoms with Gasteiger partial charge in [0.15, 0.2) is 5.13 Å². The van der Waals surface area contributed by atoms with E-state index in [0.29, 0.717) is 41.5 Å². The van der Waals surface area contributed by atoms with Crippen LogP contribution in [0.25, 0.3) is 22.4 Å². The van der Waals surface area contributed by atoms with Crippen LogP contribution in [0, 0.1) is 17.4 Å². The van der Waals surface area contributed by atoms with Crippen LogP contribution in [0.2, 0.25) is 0 Å². The second kappa shape index (κ2) is 10.4. The van der Waals surface area contributed by atoms with Gasteiger partial charge in [0.25, 0.3) is 0 Å². The van der Waals surface area contributed by atoms with Crippen LogP contribution < -0.4 is 16.0 Å². The van der Waals surface area contributed by atoms with E-state index < -0.39 is 6.04 Å². The first-order valence-electron chi connectivity index (χ1n) is 11.5. The van der Waals surface area contributed by atoms with Crippen LogP contribution in [-0.2, 0) is 9.59 Å². The number of hydrogen-bond donors (Lipinski definition) is 3. The van der Waals surface area contributed by atoms with Crippen molar-refractivity contribution < 1.29 is 14.1 Å². The molecule has 0 saturated carbocycles. The molecule has 8 nitrogen and oxygen atoms in total. The van der Waals surface area contributed by atoms with Crippen molar-refractivity contribution in [2.75, 3.05) is 10.6 Å². The monoisotopic (exact) mass is 613 g/mol. The molecule has 2 aromatic heterocycles. The summed E-state index contributed by atoms with van der Waals surface area (Å²) in [4.78, 5) is 29.6. The first kappa shape index (κ1) is 24.4. The smallest absolute Gasteiger partial charge is 0.247 e. The molecule has 36 heavy (non-hydrogen) atoms. The number of aromatic nitrogens is 2. The van der Waals surface area contributed by atoms with Gasteiger partial charge in [0, 0.05) is 26.5 Å². The number of carbonyl (C=O) groups is 2. The number of thiazole rings is 1. The van der Waals surface area contributed by atoms with Crippen LogP contribution in [0.1, 0.15) is 30.7 Å². The molecule has 0 bridgehead atoms. The lowest BCUT2D eigenvalue weighted by Gasteiger charge is -2.23. The highest BCUT2D eigenvalue weighted by molar-refractivity contribution is 14.1. The SMILES string of the molecule is Cc1noc(C)c1-c1ccc(Nc2nc(-c3ccc(I)cc3)cs2)c(NC(=O)C2CCCC(=O)N2)c1. The Morgan fingerprint density at radius 1 is 1.14 bits per heavy atom. The molecular weight excluding hydrogens is 589 g/mol. The zero-order valence-electron chi connectivity index (χ0n) is 19.7. The first-order chi connectivity index (χ1) is 17.4. The van der Waals surface area contributed by atoms with Crippen molar-refractivity contribution in [1.29, 1.82) is 0 Å². The molecule has 0 radical (unpaired) electrons. The van der Waals surface area contributed by atoms with Crippen LogP contribution >= 0.6 is 33.9 Å². The Morgan fingerprint density at radius 2 is 1.92 bits per heavy atom. The summed E-state index contributed by atoms with van der Waals surface area (Å²) in [6.07, 6.45) is 1.75. The van der Waals surface area contributed by atoms with Crippen molar-refractivity contribution in [3.05, 3.63) is 62.9 Å². The highest BCUT2D eigenvalue weighted by Crippen LogP contribution is 2.35. The van der Waals surface area contributed by atoms with Crippen LogP contribution in [-0.4, -0.2) is 28.0 Å². The molecule has 3 heterocycles. The van der Waals surface area contributed by atoms with E-state index in [0.717, 1.165) is 31.6 Å². The van der Waals surface area contributed by atoms with Crippen molar-refractivity contribution in [2.24, 2.45) is 0 Å². The van der Waals surface area contributed by atoms with Gasteiger partial charge in [-0.3, -0.25) is 9.59 Å². The van der Waals surface area contributed by atoms with Gasteiger partial charge in [-0.15, -0.1) is 11.3 Å². The van der Waals surface area contributed by atoms with E-state index in [1.807, 2.05) is 61.7 Å². The summed E-state index contributed by atoms with van der Waals surface area (Å²) in [5.41, 5.74) is 5.73. The Kier molecular flexibility index (Phi) is 7.06. The molecule has 10 heteroatoms. The van der Waals surface area contributed by atoms with Crippen LogP contribution in [0.15, 0.2) is 52.4 Å². The highest BCUT2D eigenvalue weighted by atomic mass is 127. The van der Waals surface area contributed by atoms with E-state index in [1.54, 1.807) is 0 Å². The summed E-state index contributed by atoms with van der Waals surface area (Å²) in [7, 11) is 0. The maximum atomic E-state index is 13.1. The second-order valence-electron chi connectivity index (χ2n) is 8.63. The van der Waals surface area contributed by atoms with Gasteiger partial charge in [-0.05, 0) is 79.1 Å². The molecule has 4 aromatic rings. The number of anilines is 3. The Balaban J connectivity index is 1.45. The number of benzene rings is 2. The van der Waals surface area contributed by atoms with Gasteiger partial charge in [0.05, 0.1) is 22.8 Å². The van der Waals surface area contributed by atoms with E-state index in [2.05, 4.69) is 43.7 Å². The third-order valence-corrected chi connectivity index (χ3v) is 7.51. The average molecular weight is 613 g/mol. The summed E-state index contributed by atoms with van der Waals surface area (Å²) < 4.78 is 6.51. The topological polar surface area (TPSA) is 109 Å². The minimum absolute atomic E-state index is 0.102. The molecule has 2 amide bonds. The molecule has 1 saturated heterocycles. The quantitative estimate of drug-likeness (QED) is 0.229. The molecule has 0 aliphatic carbocycles. The molecule has 5 rings (SSSR count). The Bertz CT molecular complexity index is 1410. The van der Waals surface area contributed by atoms with Gasteiger partial charge in [-0.2, -0.15) is 0 Å². The predicted octanol–water partition coefficient (Wildman–Crippen LogP) is 6.04. The Labute approximate surface area is 226 Å². The zero-order valence-corrected chi connectivity index (χ0v) is 22.7. The lowest BCUT2D eigenvalue weighted by atomic mass is 10.0. The third-order valence-electron chi connectivity index (χ3n) is 6.03. The first-order valence-corrected chi connectivity index (χ1v) is 13.5. The number of carbonyl (C=O) groups excluding carboxylic acids is 2. The predicted molar refractivity (Wildman–Crippen MR) is 149 cm³/mol. The van der Waals surface area contributed by atoms with E-state index in [9.17, 15) is 9.59 Å². The van der Waals surface area contributed by atoms with Gasteiger partial charge in [0.2, 0.25) is 11.8 Å². The third kappa shape index (κ3) is 5.29. The number of nitrogens with one attached hydrogen (secondary N) is 3. The van der Waals surface area contributed by atoms with Crippen molar-refractivity contribution in [2.45, 2.75) is 39.2 Å². The molecular formula is C26H24IN5O3S. The highest BCUT2D eigenvalue weighted by Gasteiger charge is 2.25. The van der Waals surface area contributed by atoms with E-state index in [1.165, 1.54) is 11.3 Å². The minimum atomic E-state index is -0.561. The molecule has 1 aliphatic heterocycles. The van der Waals surface area contributed by atoms with E-state index in [4.69, 9.17) is 9.51 Å². The largest absolute Gasteiger partial charge is 0.361 e. The van der Waals surface area contributed by atoms with Gasteiger partial charge in [0.1, 0.15) is 11.8 Å². The fraction of sp³-hybridized carbons (Fsp3) is 0.231. The standard InChI is InChI=1S/C26H24IN5O3S/c1-14-24(15(2)35-32-14)17-8-11-19(21(12-17)29-25(34)20-4-3-5-23(33)28-20)30-26-31-22(13-36-26)16-6-9-18(27)10-7-16/h6-13,20H,3-5H2,1-2H3,(H,28,33)(H,29,34)(H,30,31). The molecule has 2 aromatic carbocycles. The number of halogens is 1. The normalized spacial score (nSPS) is 15.4. The summed E-state index contributed by atoms with van der Waals surface area (Å²) >= 11 is 3.77. The lowest BCUT2D eigenvalue weighted by Crippen LogP contribution is -2.46. The maximum Gasteiger partial charge on any atom is 0.247 e. The van der Waals surface area contributed by atoms with Crippen molar-refractivity contribution in [3.8, 4) is 22.4 Å². The van der Waals surface area contributed by atoms with Gasteiger partial charge < -0.3 is 20.5 Å². The average Bonchev–Trinajstić information content (AvgIpc) is 3.46. The van der Waals surface area contributed by atoms with Crippen LogP contribution in [0.4, 0.5) is 16.5 Å². The molecule has 1 unspecified atom stereocenters. The summed E-state index contributed by atoms with van der Waals surface area (Å²) in [6.45, 7) is 3.74. The number of nitrogens with zero attached hydrogens (tertiary/aromatic N) is 2. The van der Waals surface area contributed by atoms with Crippen molar-refractivity contribution in [3.63, 3.8) is 0 Å². The van der Waals surface area contributed by atoms with Crippen LogP contribution in [0.3, 0.4) is 0 Å². The van der Waals surface area contributed by atoms with Crippen molar-refractivity contribution >= 4 is 62.2 Å². The Morgan fingerprint density at radius 3 is 2.64 bits per heavy atom. The van der Waals surface area contributed by atoms with E-state index in [-0.39, 0.29) is 11.8 Å². The number of amides is 2. The molecule has 1 fully saturated rings. The van der Waals surface area contributed by atoms with Gasteiger partial charge in [-0.25, -0.2) is 4.98 Å². The minimum Gasteiger partial charge on any atom is -0.361 e.